The van der Waals surface area contributed by atoms with E-state index in [0.29, 0.717) is 6.42 Å². The fraction of sp³-hybridized carbons (Fsp3) is 0.895. The first-order valence-electron chi connectivity index (χ1n) is 9.82. The molecule has 1 atom stereocenters. The molecule has 0 radical (unpaired) electrons. The highest BCUT2D eigenvalue weighted by atomic mass is 32.1. The molecule has 5 heteroatoms. The zero-order valence-electron chi connectivity index (χ0n) is 15.5. The average Bonchev–Trinajstić information content (AvgIpc) is 2.58. The molecule has 0 aliphatic heterocycles. The molecule has 0 saturated heterocycles. The highest BCUT2D eigenvalue weighted by Crippen LogP contribution is 2.12. The molecule has 0 aromatic rings. The van der Waals surface area contributed by atoms with Gasteiger partial charge in [0.2, 0.25) is 11.8 Å². The Hall–Kier alpha value is -0.550. The van der Waals surface area contributed by atoms with Gasteiger partial charge in [-0.25, -0.2) is 0 Å². The SMILES string of the molecule is CCCCCCCCCCCCCCCC(=O)NC(=O)[C@@H](N)CS. The maximum Gasteiger partial charge on any atom is 0.244 e. The Balaban J connectivity index is 3.27. The zero-order valence-corrected chi connectivity index (χ0v) is 16.4. The van der Waals surface area contributed by atoms with Crippen LogP contribution in [0.15, 0.2) is 0 Å². The van der Waals surface area contributed by atoms with Crippen molar-refractivity contribution in [2.75, 3.05) is 5.75 Å². The monoisotopic (exact) mass is 358 g/mol. The molecule has 0 saturated carbocycles. The third kappa shape index (κ3) is 15.0. The molecular formula is C19H38N2O2S. The molecule has 0 fully saturated rings. The van der Waals surface area contributed by atoms with Gasteiger partial charge in [-0.2, -0.15) is 12.6 Å². The van der Waals surface area contributed by atoms with Crippen LogP contribution in [0, 0.1) is 0 Å². The minimum absolute atomic E-state index is 0.222. The molecule has 2 amide bonds. The molecule has 0 bridgehead atoms. The van der Waals surface area contributed by atoms with E-state index in [0.717, 1.165) is 12.8 Å². The van der Waals surface area contributed by atoms with Crippen LogP contribution in [0.3, 0.4) is 0 Å². The number of carbonyl (C=O) groups excluding carboxylic acids is 2. The van der Waals surface area contributed by atoms with Crippen LogP contribution >= 0.6 is 12.6 Å². The van der Waals surface area contributed by atoms with E-state index in [-0.39, 0.29) is 11.7 Å². The van der Waals surface area contributed by atoms with Crippen LogP contribution in [-0.4, -0.2) is 23.6 Å². The van der Waals surface area contributed by atoms with Crippen LogP contribution in [0.1, 0.15) is 96.8 Å². The number of thiol groups is 1. The minimum Gasteiger partial charge on any atom is -0.319 e. The van der Waals surface area contributed by atoms with Crippen molar-refractivity contribution in [3.8, 4) is 0 Å². The van der Waals surface area contributed by atoms with E-state index in [1.807, 2.05) is 0 Å². The molecular weight excluding hydrogens is 320 g/mol. The Kier molecular flexibility index (Phi) is 16.9. The largest absolute Gasteiger partial charge is 0.319 e. The van der Waals surface area contributed by atoms with Crippen molar-refractivity contribution in [2.24, 2.45) is 5.73 Å². The lowest BCUT2D eigenvalue weighted by Gasteiger charge is -2.08. The summed E-state index contributed by atoms with van der Waals surface area (Å²) < 4.78 is 0. The topological polar surface area (TPSA) is 72.2 Å². The van der Waals surface area contributed by atoms with Crippen molar-refractivity contribution in [2.45, 2.75) is 103 Å². The van der Waals surface area contributed by atoms with Gasteiger partial charge < -0.3 is 5.73 Å². The molecule has 0 aromatic heterocycles. The number of nitrogens with two attached hydrogens (primary N) is 1. The maximum absolute atomic E-state index is 11.6. The minimum atomic E-state index is -0.705. The van der Waals surface area contributed by atoms with Crippen LogP contribution < -0.4 is 11.1 Å². The summed E-state index contributed by atoms with van der Waals surface area (Å²) in [7, 11) is 0. The number of carbonyl (C=O) groups is 2. The summed E-state index contributed by atoms with van der Waals surface area (Å²) in [5.41, 5.74) is 5.50. The third-order valence-electron chi connectivity index (χ3n) is 4.30. The second kappa shape index (κ2) is 17.3. The average molecular weight is 359 g/mol. The maximum atomic E-state index is 11.6. The smallest absolute Gasteiger partial charge is 0.244 e. The fourth-order valence-electron chi connectivity index (χ4n) is 2.68. The van der Waals surface area contributed by atoms with E-state index in [9.17, 15) is 9.59 Å². The predicted molar refractivity (Wildman–Crippen MR) is 105 cm³/mol. The Morgan fingerprint density at radius 3 is 1.67 bits per heavy atom. The lowest BCUT2D eigenvalue weighted by molar-refractivity contribution is -0.130. The third-order valence-corrected chi connectivity index (χ3v) is 4.70. The van der Waals surface area contributed by atoms with Gasteiger partial charge in [0.05, 0.1) is 6.04 Å². The van der Waals surface area contributed by atoms with E-state index >= 15 is 0 Å². The molecule has 0 heterocycles. The van der Waals surface area contributed by atoms with Crippen LogP contribution in [-0.2, 0) is 9.59 Å². The van der Waals surface area contributed by atoms with Crippen molar-refractivity contribution < 1.29 is 9.59 Å². The number of hydrogen-bond acceptors (Lipinski definition) is 4. The first kappa shape index (κ1) is 23.4. The van der Waals surface area contributed by atoms with Gasteiger partial charge in [-0.1, -0.05) is 84.0 Å². The normalized spacial score (nSPS) is 12.1. The van der Waals surface area contributed by atoms with Crippen LogP contribution in [0.25, 0.3) is 0 Å². The van der Waals surface area contributed by atoms with Gasteiger partial charge in [0, 0.05) is 12.2 Å². The number of imide groups is 1. The molecule has 3 N–H and O–H groups in total. The first-order chi connectivity index (χ1) is 11.6. The van der Waals surface area contributed by atoms with E-state index in [4.69, 9.17) is 5.73 Å². The van der Waals surface area contributed by atoms with Crippen LogP contribution in [0.2, 0.25) is 0 Å². The van der Waals surface area contributed by atoms with Crippen LogP contribution in [0.5, 0.6) is 0 Å². The Labute approximate surface area is 154 Å². The zero-order chi connectivity index (χ0) is 18.0. The molecule has 0 unspecified atom stereocenters. The highest BCUT2D eigenvalue weighted by Gasteiger charge is 2.14. The van der Waals surface area contributed by atoms with Crippen molar-refractivity contribution in [3.63, 3.8) is 0 Å². The molecule has 0 aromatic carbocycles. The standard InChI is InChI=1S/C19H38N2O2S/c1-2-3-4-5-6-7-8-9-10-11-12-13-14-15-18(22)21-19(23)17(20)16-24/h17,24H,2-16,20H2,1H3,(H,21,22,23)/t17-/m0/s1. The van der Waals surface area contributed by atoms with E-state index in [1.165, 1.54) is 70.6 Å². The molecule has 0 aliphatic rings. The van der Waals surface area contributed by atoms with E-state index in [2.05, 4.69) is 24.9 Å². The summed E-state index contributed by atoms with van der Waals surface area (Å²) in [5, 5.41) is 2.32. The predicted octanol–water partition coefficient (Wildman–Crippen LogP) is 4.37. The highest BCUT2D eigenvalue weighted by molar-refractivity contribution is 7.80. The molecule has 0 rings (SSSR count). The van der Waals surface area contributed by atoms with Gasteiger partial charge >= 0.3 is 0 Å². The van der Waals surface area contributed by atoms with Gasteiger partial charge in [-0.05, 0) is 6.42 Å². The number of nitrogens with one attached hydrogen (secondary N) is 1. The Morgan fingerprint density at radius 2 is 1.25 bits per heavy atom. The van der Waals surface area contributed by atoms with Gasteiger partial charge in [0.25, 0.3) is 0 Å². The van der Waals surface area contributed by atoms with Gasteiger partial charge in [0.1, 0.15) is 0 Å². The molecule has 142 valence electrons. The Bertz CT molecular complexity index is 324. The second-order valence-electron chi connectivity index (χ2n) is 6.69. The number of unbranched alkanes of at least 4 members (excludes halogenated alkanes) is 12. The number of amides is 2. The molecule has 24 heavy (non-hydrogen) atoms. The van der Waals surface area contributed by atoms with E-state index < -0.39 is 11.9 Å². The van der Waals surface area contributed by atoms with Crippen molar-refractivity contribution in [1.29, 1.82) is 0 Å². The fourth-order valence-corrected chi connectivity index (χ4v) is 2.84. The van der Waals surface area contributed by atoms with Crippen molar-refractivity contribution in [3.05, 3.63) is 0 Å². The van der Waals surface area contributed by atoms with Crippen molar-refractivity contribution in [1.82, 2.24) is 5.32 Å². The van der Waals surface area contributed by atoms with Gasteiger partial charge in [-0.3, -0.25) is 14.9 Å². The summed E-state index contributed by atoms with van der Waals surface area (Å²) >= 11 is 3.94. The summed E-state index contributed by atoms with van der Waals surface area (Å²) in [6.07, 6.45) is 17.0. The number of hydrogen-bond donors (Lipinski definition) is 3. The number of rotatable bonds is 16. The van der Waals surface area contributed by atoms with Gasteiger partial charge in [-0.15, -0.1) is 0 Å². The second-order valence-corrected chi connectivity index (χ2v) is 7.06. The molecule has 4 nitrogen and oxygen atoms in total. The van der Waals surface area contributed by atoms with Crippen molar-refractivity contribution >= 4 is 24.4 Å². The lowest BCUT2D eigenvalue weighted by atomic mass is 10.0. The quantitative estimate of drug-likeness (QED) is 0.283. The Morgan fingerprint density at radius 1 is 0.833 bits per heavy atom. The summed E-state index contributed by atoms with van der Waals surface area (Å²) in [6.45, 7) is 2.25. The van der Waals surface area contributed by atoms with E-state index in [1.54, 1.807) is 0 Å². The molecule has 0 aliphatic carbocycles. The summed E-state index contributed by atoms with van der Waals surface area (Å²) in [4.78, 5) is 23.0. The molecule has 0 spiro atoms. The summed E-state index contributed by atoms with van der Waals surface area (Å²) in [6, 6.07) is -0.705. The first-order valence-corrected chi connectivity index (χ1v) is 10.4. The van der Waals surface area contributed by atoms with Crippen LogP contribution in [0.4, 0.5) is 0 Å². The summed E-state index contributed by atoms with van der Waals surface area (Å²) in [5.74, 6) is -0.400. The lowest BCUT2D eigenvalue weighted by Crippen LogP contribution is -2.44. The van der Waals surface area contributed by atoms with Gasteiger partial charge in [0.15, 0.2) is 0 Å².